The molecule has 0 aliphatic heterocycles. The molecule has 0 saturated heterocycles. The molecule has 0 unspecified atom stereocenters. The van der Waals surface area contributed by atoms with Gasteiger partial charge in [-0.25, -0.2) is 9.97 Å². The molecule has 0 aliphatic carbocycles. The van der Waals surface area contributed by atoms with Gasteiger partial charge in [0.05, 0.1) is 29.0 Å². The van der Waals surface area contributed by atoms with Crippen LogP contribution in [0.15, 0.2) is 66.9 Å². The zero-order valence-electron chi connectivity index (χ0n) is 26.0. The predicted octanol–water partition coefficient (Wildman–Crippen LogP) is 9.43. The second kappa shape index (κ2) is 15.7. The molecule has 0 fully saturated rings. The summed E-state index contributed by atoms with van der Waals surface area (Å²) in [6, 6.07) is 20.0. The van der Waals surface area contributed by atoms with Crippen LogP contribution in [0.3, 0.4) is 0 Å². The van der Waals surface area contributed by atoms with E-state index in [1.54, 1.807) is 6.20 Å². The molecule has 43 heavy (non-hydrogen) atoms. The van der Waals surface area contributed by atoms with Crippen molar-refractivity contribution in [1.29, 1.82) is 0 Å². The molecule has 9 heteroatoms. The normalized spacial score (nSPS) is 10.6. The Morgan fingerprint density at radius 1 is 0.907 bits per heavy atom. The maximum atomic E-state index is 8.00. The largest absolute Gasteiger partial charge is 0.489 e. The first kappa shape index (κ1) is 33.1. The highest BCUT2D eigenvalue weighted by atomic mass is 35.5. The van der Waals surface area contributed by atoms with Gasteiger partial charge in [-0.1, -0.05) is 69.1 Å². The van der Waals surface area contributed by atoms with Crippen LogP contribution in [-0.4, -0.2) is 32.8 Å². The number of hydrogen-bond acceptors (Lipinski definition) is 7. The van der Waals surface area contributed by atoms with Crippen molar-refractivity contribution >= 4 is 52.6 Å². The second-order valence-electron chi connectivity index (χ2n) is 10.7. The Hall–Kier alpha value is -4.43. The molecule has 0 saturated carbocycles. The Kier molecular flexibility index (Phi) is 12.1. The van der Waals surface area contributed by atoms with E-state index in [1.807, 2.05) is 95.1 Å². The van der Waals surface area contributed by atoms with Crippen LogP contribution in [-0.2, 0) is 4.79 Å². The first-order valence-electron chi connectivity index (χ1n) is 14.3. The molecule has 0 atom stereocenters. The maximum Gasteiger partial charge on any atom is 0.229 e. The molecule has 0 amide bonds. The fourth-order valence-corrected chi connectivity index (χ4v) is 4.09. The molecule has 2 heterocycles. The molecule has 8 nitrogen and oxygen atoms in total. The number of nitrogens with zero attached hydrogens (tertiary/aromatic N) is 3. The topological polar surface area (TPSA) is 105 Å². The predicted molar refractivity (Wildman–Crippen MR) is 179 cm³/mol. The number of carbonyl (C=O) groups is 1. The number of benzene rings is 3. The number of rotatable bonds is 8. The quantitative estimate of drug-likeness (QED) is 0.163. The molecular formula is C34H41ClN6O2. The number of aryl methyl sites for hydroxylation is 2. The Bertz CT molecular complexity index is 1600. The molecule has 0 aliphatic rings. The number of H-pyrrole nitrogens is 1. The van der Waals surface area contributed by atoms with E-state index in [2.05, 4.69) is 46.4 Å². The van der Waals surface area contributed by atoms with Gasteiger partial charge in [-0.3, -0.25) is 0 Å². The third kappa shape index (κ3) is 9.03. The number of hydrogen-bond donors (Lipinski definition) is 3. The molecule has 3 aromatic carbocycles. The molecular weight excluding hydrogens is 560 g/mol. The lowest BCUT2D eigenvalue weighted by Gasteiger charge is -2.18. The van der Waals surface area contributed by atoms with E-state index >= 15 is 0 Å². The summed E-state index contributed by atoms with van der Waals surface area (Å²) in [5.74, 6) is 3.28. The molecule has 0 radical (unpaired) electrons. The van der Waals surface area contributed by atoms with E-state index in [0.29, 0.717) is 22.5 Å². The number of aromatic amines is 1. The lowest BCUT2D eigenvalue weighted by atomic mass is 10.1. The fourth-order valence-electron chi connectivity index (χ4n) is 3.95. The number of nitrogens with one attached hydrogen (secondary N) is 3. The smallest absolute Gasteiger partial charge is 0.229 e. The highest BCUT2D eigenvalue weighted by Crippen LogP contribution is 2.36. The SMILES string of the molecule is C=O.CCC(C)C.Cc1ccccc1Nc1nc(Nc2cc(C)c(-c3nc4ccccc4[nH]3)cc2OC(C)C)ncc1Cl. The second-order valence-corrected chi connectivity index (χ2v) is 11.1. The number of fused-ring (bicyclic) bond motifs is 1. The average Bonchev–Trinajstić information content (AvgIpc) is 3.42. The molecule has 5 rings (SSSR count). The first-order valence-corrected chi connectivity index (χ1v) is 14.7. The lowest BCUT2D eigenvalue weighted by molar-refractivity contribution is -0.0980. The molecule has 2 aromatic heterocycles. The summed E-state index contributed by atoms with van der Waals surface area (Å²) in [6.07, 6.45) is 2.86. The van der Waals surface area contributed by atoms with Gasteiger partial charge in [-0.2, -0.15) is 4.98 Å². The van der Waals surface area contributed by atoms with Gasteiger partial charge in [0.1, 0.15) is 23.4 Å². The van der Waals surface area contributed by atoms with E-state index in [-0.39, 0.29) is 6.10 Å². The van der Waals surface area contributed by atoms with Gasteiger partial charge in [0.25, 0.3) is 0 Å². The van der Waals surface area contributed by atoms with E-state index in [4.69, 9.17) is 26.1 Å². The summed E-state index contributed by atoms with van der Waals surface area (Å²) in [5, 5.41) is 7.05. The minimum absolute atomic E-state index is 0.0267. The van der Waals surface area contributed by atoms with Crippen LogP contribution in [0.4, 0.5) is 23.1 Å². The third-order valence-corrected chi connectivity index (χ3v) is 6.82. The standard InChI is InChI=1S/C28H27ClN6O.C5H12.CH2O/c1-16(2)36-25-14-19(26-32-22-11-7-8-12-23(22)33-26)18(4)13-24(25)34-28-30-15-20(29)27(35-28)31-21-10-6-5-9-17(21)3;1-4-5(2)3;1-2/h5-16H,1-4H3,(H,32,33)(H2,30,31,34,35);5H,4H2,1-3H3;1H2. The van der Waals surface area contributed by atoms with Gasteiger partial charge in [-0.05, 0) is 75.1 Å². The zero-order valence-corrected chi connectivity index (χ0v) is 26.7. The Morgan fingerprint density at radius 3 is 2.23 bits per heavy atom. The molecule has 0 bridgehead atoms. The van der Waals surface area contributed by atoms with Gasteiger partial charge in [0.2, 0.25) is 5.95 Å². The van der Waals surface area contributed by atoms with Crippen molar-refractivity contribution in [2.75, 3.05) is 10.6 Å². The van der Waals surface area contributed by atoms with Crippen LogP contribution < -0.4 is 15.4 Å². The van der Waals surface area contributed by atoms with Gasteiger partial charge in [0.15, 0.2) is 5.82 Å². The summed E-state index contributed by atoms with van der Waals surface area (Å²) < 4.78 is 6.17. The van der Waals surface area contributed by atoms with Gasteiger partial charge >= 0.3 is 0 Å². The zero-order chi connectivity index (χ0) is 31.5. The van der Waals surface area contributed by atoms with Crippen molar-refractivity contribution in [2.45, 2.75) is 61.0 Å². The Morgan fingerprint density at radius 2 is 1.58 bits per heavy atom. The fraction of sp³-hybridized carbons (Fsp3) is 0.294. The third-order valence-electron chi connectivity index (χ3n) is 6.54. The summed E-state index contributed by atoms with van der Waals surface area (Å²) in [5.41, 5.74) is 6.67. The Balaban J connectivity index is 0.000000657. The van der Waals surface area contributed by atoms with Crippen molar-refractivity contribution in [3.8, 4) is 17.1 Å². The maximum absolute atomic E-state index is 8.00. The monoisotopic (exact) mass is 600 g/mol. The summed E-state index contributed by atoms with van der Waals surface area (Å²) in [7, 11) is 0. The van der Waals surface area contributed by atoms with Crippen LogP contribution in [0.25, 0.3) is 22.4 Å². The van der Waals surface area contributed by atoms with Crippen LogP contribution in [0.5, 0.6) is 5.75 Å². The summed E-state index contributed by atoms with van der Waals surface area (Å²) in [6.45, 7) is 16.7. The lowest BCUT2D eigenvalue weighted by Crippen LogP contribution is -2.09. The van der Waals surface area contributed by atoms with Crippen molar-refractivity contribution in [1.82, 2.24) is 19.9 Å². The first-order chi connectivity index (χ1) is 20.6. The van der Waals surface area contributed by atoms with Crippen LogP contribution >= 0.6 is 11.6 Å². The Labute approximate surface area is 259 Å². The molecule has 3 N–H and O–H groups in total. The van der Waals surface area contributed by atoms with Crippen LogP contribution in [0, 0.1) is 19.8 Å². The number of halogens is 1. The van der Waals surface area contributed by atoms with Crippen molar-refractivity contribution in [3.05, 3.63) is 83.0 Å². The molecule has 5 aromatic rings. The molecule has 0 spiro atoms. The van der Waals surface area contributed by atoms with Gasteiger partial charge in [-0.15, -0.1) is 0 Å². The van der Waals surface area contributed by atoms with Crippen molar-refractivity contribution < 1.29 is 9.53 Å². The van der Waals surface area contributed by atoms with E-state index in [0.717, 1.165) is 50.8 Å². The summed E-state index contributed by atoms with van der Waals surface area (Å²) >= 11 is 6.40. The van der Waals surface area contributed by atoms with Gasteiger partial charge in [0, 0.05) is 11.3 Å². The van der Waals surface area contributed by atoms with Crippen LogP contribution in [0.2, 0.25) is 5.02 Å². The number of aromatic nitrogens is 4. The van der Waals surface area contributed by atoms with Gasteiger partial charge < -0.3 is 25.1 Å². The number of carbonyl (C=O) groups excluding carboxylic acids is 1. The van der Waals surface area contributed by atoms with Crippen molar-refractivity contribution in [2.24, 2.45) is 5.92 Å². The highest BCUT2D eigenvalue weighted by Gasteiger charge is 2.16. The van der Waals surface area contributed by atoms with E-state index < -0.39 is 0 Å². The highest BCUT2D eigenvalue weighted by molar-refractivity contribution is 6.32. The summed E-state index contributed by atoms with van der Waals surface area (Å²) in [4.78, 5) is 25.2. The van der Waals surface area contributed by atoms with Crippen molar-refractivity contribution in [3.63, 3.8) is 0 Å². The average molecular weight is 601 g/mol. The number of imidazole rings is 1. The number of anilines is 4. The van der Waals surface area contributed by atoms with E-state index in [9.17, 15) is 0 Å². The number of para-hydroxylation sites is 3. The number of ether oxygens (including phenoxy) is 1. The molecule has 226 valence electrons. The van der Waals surface area contributed by atoms with E-state index in [1.165, 1.54) is 6.42 Å². The van der Waals surface area contributed by atoms with Crippen LogP contribution in [0.1, 0.15) is 52.2 Å². The minimum Gasteiger partial charge on any atom is -0.489 e. The minimum atomic E-state index is -0.0267.